The molecule has 104 valence electrons. The van der Waals surface area contributed by atoms with Gasteiger partial charge in [0.25, 0.3) is 0 Å². The highest BCUT2D eigenvalue weighted by atomic mass is 14.9. The minimum Gasteiger partial charge on any atom is -0.317 e. The monoisotopic (exact) mass is 249 g/mol. The highest BCUT2D eigenvalue weighted by molar-refractivity contribution is 5.04. The molecular weight excluding hydrogens is 218 g/mol. The molecule has 0 spiro atoms. The summed E-state index contributed by atoms with van der Waals surface area (Å²) in [5.74, 6) is 4.29. The molecule has 4 fully saturated rings. The molecule has 0 aromatic carbocycles. The van der Waals surface area contributed by atoms with Gasteiger partial charge in [0.05, 0.1) is 0 Å². The fourth-order valence-corrected chi connectivity index (χ4v) is 5.97. The highest BCUT2D eigenvalue weighted by Gasteiger charge is 2.53. The Bertz CT molecular complexity index is 248. The van der Waals surface area contributed by atoms with Crippen molar-refractivity contribution in [2.24, 2.45) is 29.1 Å². The van der Waals surface area contributed by atoms with E-state index >= 15 is 0 Å². The maximum atomic E-state index is 3.66. The molecule has 0 radical (unpaired) electrons. The van der Waals surface area contributed by atoms with Crippen molar-refractivity contribution in [3.63, 3.8) is 0 Å². The molecule has 1 heteroatoms. The maximum absolute atomic E-state index is 3.66. The standard InChI is InChI=1S/C17H31N/c1-3-5-16(12-18-4-2)17-9-13-6-14(10-17)8-15(7-13)11-17/h13-16,18H,3-12H2,1-2H3. The largest absolute Gasteiger partial charge is 0.317 e. The van der Waals surface area contributed by atoms with Gasteiger partial charge < -0.3 is 5.32 Å². The predicted molar refractivity (Wildman–Crippen MR) is 77.5 cm³/mol. The van der Waals surface area contributed by atoms with E-state index in [9.17, 15) is 0 Å². The average molecular weight is 249 g/mol. The molecule has 1 N–H and O–H groups in total. The summed E-state index contributed by atoms with van der Waals surface area (Å²) in [5.41, 5.74) is 0.757. The lowest BCUT2D eigenvalue weighted by atomic mass is 9.46. The molecule has 0 amide bonds. The van der Waals surface area contributed by atoms with Crippen LogP contribution in [0.2, 0.25) is 0 Å². The fourth-order valence-electron chi connectivity index (χ4n) is 5.97. The molecule has 0 heterocycles. The molecule has 1 atom stereocenters. The molecule has 1 unspecified atom stereocenters. The van der Waals surface area contributed by atoms with Crippen LogP contribution in [0.25, 0.3) is 0 Å². The van der Waals surface area contributed by atoms with Gasteiger partial charge in [-0.1, -0.05) is 20.3 Å². The van der Waals surface area contributed by atoms with E-state index in [1.807, 2.05) is 0 Å². The fraction of sp³-hybridized carbons (Fsp3) is 1.00. The number of hydrogen-bond acceptors (Lipinski definition) is 1. The first-order chi connectivity index (χ1) is 8.75. The van der Waals surface area contributed by atoms with E-state index in [4.69, 9.17) is 0 Å². The lowest BCUT2D eigenvalue weighted by molar-refractivity contribution is -0.0885. The minimum atomic E-state index is 0.757. The first kappa shape index (κ1) is 13.0. The molecule has 0 aromatic heterocycles. The number of rotatable bonds is 6. The Morgan fingerprint density at radius 2 is 1.56 bits per heavy atom. The Morgan fingerprint density at radius 3 is 2.00 bits per heavy atom. The Morgan fingerprint density at radius 1 is 1.00 bits per heavy atom. The van der Waals surface area contributed by atoms with Gasteiger partial charge in [0.15, 0.2) is 0 Å². The van der Waals surface area contributed by atoms with Crippen molar-refractivity contribution in [1.29, 1.82) is 0 Å². The normalized spacial score (nSPS) is 43.3. The van der Waals surface area contributed by atoms with Gasteiger partial charge in [0.2, 0.25) is 0 Å². The van der Waals surface area contributed by atoms with E-state index in [2.05, 4.69) is 19.2 Å². The quantitative estimate of drug-likeness (QED) is 0.743. The number of hydrogen-bond donors (Lipinski definition) is 1. The number of nitrogens with one attached hydrogen (secondary N) is 1. The van der Waals surface area contributed by atoms with E-state index in [0.29, 0.717) is 0 Å². The van der Waals surface area contributed by atoms with Crippen LogP contribution in [0.1, 0.15) is 65.2 Å². The molecule has 1 nitrogen and oxygen atoms in total. The lowest BCUT2D eigenvalue weighted by Crippen LogP contribution is -2.51. The third-order valence-corrected chi connectivity index (χ3v) is 6.23. The van der Waals surface area contributed by atoms with Crippen LogP contribution in [-0.4, -0.2) is 13.1 Å². The van der Waals surface area contributed by atoms with Gasteiger partial charge in [0, 0.05) is 0 Å². The van der Waals surface area contributed by atoms with Crippen molar-refractivity contribution < 1.29 is 0 Å². The van der Waals surface area contributed by atoms with Crippen LogP contribution in [0.15, 0.2) is 0 Å². The van der Waals surface area contributed by atoms with Crippen LogP contribution in [-0.2, 0) is 0 Å². The van der Waals surface area contributed by atoms with E-state index in [1.54, 1.807) is 38.5 Å². The van der Waals surface area contributed by atoms with Crippen LogP contribution in [0.5, 0.6) is 0 Å². The van der Waals surface area contributed by atoms with Gasteiger partial charge in [-0.3, -0.25) is 0 Å². The first-order valence-corrected chi connectivity index (χ1v) is 8.46. The Balaban J connectivity index is 1.75. The molecule has 18 heavy (non-hydrogen) atoms. The predicted octanol–water partition coefficient (Wildman–Crippen LogP) is 4.23. The zero-order valence-electron chi connectivity index (χ0n) is 12.4. The van der Waals surface area contributed by atoms with Crippen molar-refractivity contribution in [2.75, 3.05) is 13.1 Å². The molecule has 4 aliphatic carbocycles. The Kier molecular flexibility index (Phi) is 3.71. The SMILES string of the molecule is CCCC(CNCC)C12CC3CC(CC(C3)C1)C2. The van der Waals surface area contributed by atoms with Crippen LogP contribution in [0.3, 0.4) is 0 Å². The van der Waals surface area contributed by atoms with Crippen LogP contribution >= 0.6 is 0 Å². The van der Waals surface area contributed by atoms with Crippen molar-refractivity contribution in [2.45, 2.75) is 65.2 Å². The molecular formula is C17H31N. The van der Waals surface area contributed by atoms with E-state index < -0.39 is 0 Å². The van der Waals surface area contributed by atoms with Crippen LogP contribution in [0, 0.1) is 29.1 Å². The molecule has 4 saturated carbocycles. The summed E-state index contributed by atoms with van der Waals surface area (Å²) >= 11 is 0. The molecule has 4 bridgehead atoms. The smallest absolute Gasteiger partial charge is 0.00153 e. The van der Waals surface area contributed by atoms with Crippen molar-refractivity contribution in [3.05, 3.63) is 0 Å². The van der Waals surface area contributed by atoms with Crippen molar-refractivity contribution >= 4 is 0 Å². The Hall–Kier alpha value is -0.0400. The molecule has 4 aliphatic rings. The van der Waals surface area contributed by atoms with Gasteiger partial charge in [-0.2, -0.15) is 0 Å². The van der Waals surface area contributed by atoms with Crippen LogP contribution in [0.4, 0.5) is 0 Å². The van der Waals surface area contributed by atoms with Crippen LogP contribution < -0.4 is 5.32 Å². The molecule has 0 saturated heterocycles. The summed E-state index contributed by atoms with van der Waals surface area (Å²) in [4.78, 5) is 0. The first-order valence-electron chi connectivity index (χ1n) is 8.46. The second kappa shape index (κ2) is 5.15. The second-order valence-corrected chi connectivity index (χ2v) is 7.57. The van der Waals surface area contributed by atoms with Gasteiger partial charge in [-0.15, -0.1) is 0 Å². The van der Waals surface area contributed by atoms with Gasteiger partial charge in [0.1, 0.15) is 0 Å². The summed E-state index contributed by atoms with van der Waals surface area (Å²) in [5, 5.41) is 3.66. The summed E-state index contributed by atoms with van der Waals surface area (Å²) in [6.45, 7) is 7.06. The van der Waals surface area contributed by atoms with Crippen molar-refractivity contribution in [3.8, 4) is 0 Å². The average Bonchev–Trinajstić information content (AvgIpc) is 2.32. The molecule has 4 rings (SSSR count). The van der Waals surface area contributed by atoms with Gasteiger partial charge >= 0.3 is 0 Å². The topological polar surface area (TPSA) is 12.0 Å². The third kappa shape index (κ3) is 2.24. The molecule has 0 aromatic rings. The lowest BCUT2D eigenvalue weighted by Gasteiger charge is -2.60. The minimum absolute atomic E-state index is 0.757. The summed E-state index contributed by atoms with van der Waals surface area (Å²) in [6, 6.07) is 0. The Labute approximate surface area is 113 Å². The zero-order valence-corrected chi connectivity index (χ0v) is 12.4. The summed E-state index contributed by atoms with van der Waals surface area (Å²) in [6.07, 6.45) is 12.3. The van der Waals surface area contributed by atoms with Gasteiger partial charge in [-0.05, 0) is 87.1 Å². The third-order valence-electron chi connectivity index (χ3n) is 6.23. The molecule has 0 aliphatic heterocycles. The summed E-state index contributed by atoms with van der Waals surface area (Å²) in [7, 11) is 0. The maximum Gasteiger partial charge on any atom is -0.00153 e. The van der Waals surface area contributed by atoms with E-state index in [0.717, 1.165) is 35.6 Å². The summed E-state index contributed by atoms with van der Waals surface area (Å²) < 4.78 is 0. The second-order valence-electron chi connectivity index (χ2n) is 7.57. The zero-order chi connectivity index (χ0) is 12.6. The van der Waals surface area contributed by atoms with Crippen molar-refractivity contribution in [1.82, 2.24) is 5.32 Å². The highest BCUT2D eigenvalue weighted by Crippen LogP contribution is 2.63. The van der Waals surface area contributed by atoms with E-state index in [-0.39, 0.29) is 0 Å². The van der Waals surface area contributed by atoms with E-state index in [1.165, 1.54) is 19.4 Å². The van der Waals surface area contributed by atoms with Gasteiger partial charge in [-0.25, -0.2) is 0 Å².